The Morgan fingerprint density at radius 3 is 2.68 bits per heavy atom. The van der Waals surface area contributed by atoms with E-state index >= 15 is 0 Å². The summed E-state index contributed by atoms with van der Waals surface area (Å²) in [7, 11) is 0. The van der Waals surface area contributed by atoms with E-state index in [-0.39, 0.29) is 17.1 Å². The van der Waals surface area contributed by atoms with Crippen molar-refractivity contribution in [3.8, 4) is 0 Å². The maximum Gasteiger partial charge on any atom is 0.229 e. The van der Waals surface area contributed by atoms with Crippen molar-refractivity contribution in [1.82, 2.24) is 0 Å². The Balaban J connectivity index is 1.76. The summed E-state index contributed by atoms with van der Waals surface area (Å²) >= 11 is 0. The summed E-state index contributed by atoms with van der Waals surface area (Å²) in [6, 6.07) is 0. The van der Waals surface area contributed by atoms with Crippen molar-refractivity contribution < 1.29 is 19.5 Å². The highest BCUT2D eigenvalue weighted by molar-refractivity contribution is 6.48. The monoisotopic (exact) mass is 300 g/mol. The minimum absolute atomic E-state index is 0.0118. The molecule has 1 N–H and O–H groups in total. The molecule has 0 radical (unpaired) electrons. The number of hydrogen-bond donors (Lipinski definition) is 1. The normalized spacial score (nSPS) is 41.0. The average molecular weight is 300 g/mol. The molecule has 0 aromatic carbocycles. The third-order valence-electron chi connectivity index (χ3n) is 6.61. The average Bonchev–Trinajstić information content (AvgIpc) is 2.80. The number of allylic oxidation sites excluding steroid dienone is 3. The molecule has 4 heteroatoms. The van der Waals surface area contributed by atoms with E-state index in [0.717, 1.165) is 31.8 Å². The second kappa shape index (κ2) is 4.40. The van der Waals surface area contributed by atoms with E-state index in [2.05, 4.69) is 6.92 Å². The van der Waals surface area contributed by atoms with E-state index < -0.39 is 11.6 Å². The zero-order valence-corrected chi connectivity index (χ0v) is 12.7. The summed E-state index contributed by atoms with van der Waals surface area (Å²) in [6.07, 6.45) is 5.72. The zero-order valence-electron chi connectivity index (χ0n) is 12.7. The molecule has 0 aromatic heterocycles. The quantitative estimate of drug-likeness (QED) is 0.551. The van der Waals surface area contributed by atoms with Gasteiger partial charge in [-0.15, -0.1) is 0 Å². The fourth-order valence-corrected chi connectivity index (χ4v) is 5.49. The molecule has 0 amide bonds. The molecule has 0 spiro atoms. The van der Waals surface area contributed by atoms with Crippen molar-refractivity contribution in [1.29, 1.82) is 0 Å². The fraction of sp³-hybridized carbons (Fsp3) is 0.611. The van der Waals surface area contributed by atoms with Gasteiger partial charge in [0.2, 0.25) is 11.6 Å². The Morgan fingerprint density at radius 2 is 1.91 bits per heavy atom. The molecule has 0 saturated heterocycles. The number of carbonyl (C=O) groups excluding carboxylic acids is 3. The number of fused-ring (bicyclic) bond motifs is 4. The Morgan fingerprint density at radius 1 is 1.14 bits per heavy atom. The molecular formula is C18H20O4. The Kier molecular flexibility index (Phi) is 2.78. The molecule has 4 rings (SSSR count). The second-order valence-electron chi connectivity index (χ2n) is 7.45. The van der Waals surface area contributed by atoms with Gasteiger partial charge in [0, 0.05) is 29.1 Å². The van der Waals surface area contributed by atoms with E-state index in [1.54, 1.807) is 0 Å². The van der Waals surface area contributed by atoms with Crippen LogP contribution in [0.4, 0.5) is 0 Å². The minimum atomic E-state index is -0.605. The summed E-state index contributed by atoms with van der Waals surface area (Å²) < 4.78 is 0. The molecule has 4 atom stereocenters. The first-order valence-electron chi connectivity index (χ1n) is 8.19. The van der Waals surface area contributed by atoms with Crippen molar-refractivity contribution in [3.05, 3.63) is 23.0 Å². The van der Waals surface area contributed by atoms with Crippen LogP contribution in [0.2, 0.25) is 0 Å². The molecule has 0 bridgehead atoms. The highest BCUT2D eigenvalue weighted by Crippen LogP contribution is 2.59. The van der Waals surface area contributed by atoms with Crippen LogP contribution < -0.4 is 0 Å². The number of aliphatic hydroxyl groups is 1. The highest BCUT2D eigenvalue weighted by Gasteiger charge is 2.56. The molecule has 116 valence electrons. The largest absolute Gasteiger partial charge is 0.508 e. The van der Waals surface area contributed by atoms with Gasteiger partial charge in [0.25, 0.3) is 0 Å². The lowest BCUT2D eigenvalue weighted by Crippen LogP contribution is -2.45. The van der Waals surface area contributed by atoms with Crippen LogP contribution in [0, 0.1) is 23.2 Å². The molecule has 4 aliphatic rings. The number of hydrogen-bond acceptors (Lipinski definition) is 4. The van der Waals surface area contributed by atoms with Crippen molar-refractivity contribution in [3.63, 3.8) is 0 Å². The minimum Gasteiger partial charge on any atom is -0.508 e. The molecule has 4 nitrogen and oxygen atoms in total. The first-order chi connectivity index (χ1) is 10.4. The third kappa shape index (κ3) is 1.61. The van der Waals surface area contributed by atoms with Gasteiger partial charge in [-0.1, -0.05) is 6.92 Å². The lowest BCUT2D eigenvalue weighted by molar-refractivity contribution is -0.132. The van der Waals surface area contributed by atoms with E-state index in [0.29, 0.717) is 41.6 Å². The summed E-state index contributed by atoms with van der Waals surface area (Å²) in [6.45, 7) is 2.10. The van der Waals surface area contributed by atoms with Crippen LogP contribution >= 0.6 is 0 Å². The maximum atomic E-state index is 12.3. The van der Waals surface area contributed by atoms with Gasteiger partial charge in [-0.05, 0) is 49.9 Å². The summed E-state index contributed by atoms with van der Waals surface area (Å²) in [5.74, 6) is 0.149. The SMILES string of the molecule is CC12CCC3C4=C(CCC3C1CCC2=O)C(=O)C(=O)C=C4O. The van der Waals surface area contributed by atoms with E-state index in [1.807, 2.05) is 0 Å². The van der Waals surface area contributed by atoms with Gasteiger partial charge >= 0.3 is 0 Å². The van der Waals surface area contributed by atoms with Crippen LogP contribution in [0.1, 0.15) is 45.4 Å². The Labute approximate surface area is 129 Å². The van der Waals surface area contributed by atoms with Crippen molar-refractivity contribution in [2.75, 3.05) is 0 Å². The van der Waals surface area contributed by atoms with Crippen LogP contribution in [0.25, 0.3) is 0 Å². The second-order valence-corrected chi connectivity index (χ2v) is 7.45. The Hall–Kier alpha value is -1.71. The first kappa shape index (κ1) is 13.9. The standard InChI is InChI=1S/C18H20O4/c1-18-7-6-10-9(12(18)4-5-15(18)21)2-3-11-16(10)13(19)8-14(20)17(11)22/h8-10,12,19H,2-7H2,1H3. The van der Waals surface area contributed by atoms with Crippen molar-refractivity contribution in [2.24, 2.45) is 23.2 Å². The van der Waals surface area contributed by atoms with Gasteiger partial charge in [-0.3, -0.25) is 14.4 Å². The predicted molar refractivity (Wildman–Crippen MR) is 79.0 cm³/mol. The Bertz CT molecular complexity index is 669. The number of ketones is 3. The third-order valence-corrected chi connectivity index (χ3v) is 6.61. The first-order valence-corrected chi connectivity index (χ1v) is 8.19. The number of aliphatic hydroxyl groups excluding tert-OH is 1. The molecule has 0 aromatic rings. The topological polar surface area (TPSA) is 71.4 Å². The van der Waals surface area contributed by atoms with Crippen LogP contribution in [-0.4, -0.2) is 22.5 Å². The van der Waals surface area contributed by atoms with Crippen molar-refractivity contribution in [2.45, 2.75) is 45.4 Å². The van der Waals surface area contributed by atoms with Gasteiger partial charge in [0.1, 0.15) is 11.5 Å². The molecule has 0 aliphatic heterocycles. The molecule has 2 saturated carbocycles. The smallest absolute Gasteiger partial charge is 0.229 e. The predicted octanol–water partition coefficient (Wildman–Crippen LogP) is 2.68. The number of carbonyl (C=O) groups is 3. The summed E-state index contributed by atoms with van der Waals surface area (Å²) in [5.41, 5.74) is 1.02. The molecule has 4 unspecified atom stereocenters. The zero-order chi connectivity index (χ0) is 15.6. The van der Waals surface area contributed by atoms with Gasteiger partial charge in [-0.2, -0.15) is 0 Å². The van der Waals surface area contributed by atoms with Crippen LogP contribution in [0.5, 0.6) is 0 Å². The van der Waals surface area contributed by atoms with Crippen LogP contribution in [-0.2, 0) is 14.4 Å². The summed E-state index contributed by atoms with van der Waals surface area (Å²) in [4.78, 5) is 36.0. The van der Waals surface area contributed by atoms with E-state index in [1.165, 1.54) is 0 Å². The molecule has 0 heterocycles. The van der Waals surface area contributed by atoms with E-state index in [9.17, 15) is 19.5 Å². The van der Waals surface area contributed by atoms with Crippen LogP contribution in [0.15, 0.2) is 23.0 Å². The lowest BCUT2D eigenvalue weighted by Gasteiger charge is -2.48. The fourth-order valence-electron chi connectivity index (χ4n) is 5.49. The van der Waals surface area contributed by atoms with Gasteiger partial charge < -0.3 is 5.11 Å². The van der Waals surface area contributed by atoms with Gasteiger partial charge in [0.05, 0.1) is 0 Å². The van der Waals surface area contributed by atoms with Crippen LogP contribution in [0.3, 0.4) is 0 Å². The number of rotatable bonds is 0. The molecule has 22 heavy (non-hydrogen) atoms. The maximum absolute atomic E-state index is 12.3. The molecular weight excluding hydrogens is 280 g/mol. The number of Topliss-reactive ketones (excluding diaryl/α,β-unsaturated/α-hetero) is 2. The lowest BCUT2D eigenvalue weighted by atomic mass is 9.54. The molecule has 4 aliphatic carbocycles. The van der Waals surface area contributed by atoms with E-state index in [4.69, 9.17) is 0 Å². The molecule has 2 fully saturated rings. The highest BCUT2D eigenvalue weighted by atomic mass is 16.3. The van der Waals surface area contributed by atoms with Gasteiger partial charge in [0.15, 0.2) is 0 Å². The van der Waals surface area contributed by atoms with Gasteiger partial charge in [-0.25, -0.2) is 0 Å². The van der Waals surface area contributed by atoms with Crippen molar-refractivity contribution >= 4 is 17.3 Å². The summed E-state index contributed by atoms with van der Waals surface area (Å²) in [5, 5.41) is 10.3.